The lowest BCUT2D eigenvalue weighted by Crippen LogP contribution is -2.15. The third kappa shape index (κ3) is 1.80. The number of aryl methyl sites for hydroxylation is 1. The topological polar surface area (TPSA) is 73.1 Å². The molecule has 0 saturated heterocycles. The van der Waals surface area contributed by atoms with Crippen LogP contribution in [0, 0.1) is 0 Å². The van der Waals surface area contributed by atoms with Gasteiger partial charge in [-0.1, -0.05) is 0 Å². The van der Waals surface area contributed by atoms with Crippen LogP contribution in [0.4, 0.5) is 5.82 Å². The highest BCUT2D eigenvalue weighted by Crippen LogP contribution is 2.27. The summed E-state index contributed by atoms with van der Waals surface area (Å²) in [5.74, 6) is 6.90. The molecular formula is C10H16N4O. The summed E-state index contributed by atoms with van der Waals surface area (Å²) in [4.78, 5) is 8.86. The van der Waals surface area contributed by atoms with Crippen LogP contribution in [-0.4, -0.2) is 17.1 Å². The second kappa shape index (κ2) is 4.12. The number of ether oxygens (including phenoxy) is 1. The zero-order valence-corrected chi connectivity index (χ0v) is 9.08. The molecule has 0 bridgehead atoms. The number of fused-ring (bicyclic) bond motifs is 1. The van der Waals surface area contributed by atoms with E-state index in [0.717, 1.165) is 36.3 Å². The predicted molar refractivity (Wildman–Crippen MR) is 57.3 cm³/mol. The maximum Gasteiger partial charge on any atom is 0.159 e. The molecule has 2 rings (SSSR count). The molecular weight excluding hydrogens is 192 g/mol. The molecule has 0 radical (unpaired) electrons. The van der Waals surface area contributed by atoms with E-state index < -0.39 is 0 Å². The second-order valence-electron chi connectivity index (χ2n) is 3.73. The summed E-state index contributed by atoms with van der Waals surface area (Å²) in [6.07, 6.45) is 3.05. The molecule has 0 aromatic carbocycles. The predicted octanol–water partition coefficient (Wildman–Crippen LogP) is 0.958. The van der Waals surface area contributed by atoms with Crippen molar-refractivity contribution < 1.29 is 4.74 Å². The Morgan fingerprint density at radius 3 is 2.87 bits per heavy atom. The molecule has 1 atom stereocenters. The number of methoxy groups -OCH3 is 1. The molecule has 1 unspecified atom stereocenters. The molecule has 1 aliphatic rings. The number of rotatable bonds is 3. The Labute approximate surface area is 89.0 Å². The van der Waals surface area contributed by atoms with E-state index in [1.165, 1.54) is 0 Å². The highest BCUT2D eigenvalue weighted by atomic mass is 16.5. The van der Waals surface area contributed by atoms with Gasteiger partial charge in [-0.25, -0.2) is 15.8 Å². The first-order valence-electron chi connectivity index (χ1n) is 5.15. The second-order valence-corrected chi connectivity index (χ2v) is 3.73. The fourth-order valence-electron chi connectivity index (χ4n) is 1.86. The van der Waals surface area contributed by atoms with Gasteiger partial charge in [0.25, 0.3) is 0 Å². The Hall–Kier alpha value is -1.20. The monoisotopic (exact) mass is 208 g/mol. The summed E-state index contributed by atoms with van der Waals surface area (Å²) in [6, 6.07) is 0. The highest BCUT2D eigenvalue weighted by molar-refractivity contribution is 5.47. The van der Waals surface area contributed by atoms with Gasteiger partial charge >= 0.3 is 0 Å². The summed E-state index contributed by atoms with van der Waals surface area (Å²) in [7, 11) is 1.65. The molecule has 5 heteroatoms. The van der Waals surface area contributed by atoms with E-state index in [1.807, 2.05) is 6.92 Å². The van der Waals surface area contributed by atoms with Crippen LogP contribution in [0.2, 0.25) is 0 Å². The third-order valence-corrected chi connectivity index (χ3v) is 2.80. The van der Waals surface area contributed by atoms with Crippen LogP contribution >= 0.6 is 0 Å². The number of nitrogens with zero attached hydrogens (tertiary/aromatic N) is 2. The number of anilines is 1. The molecule has 1 aliphatic carbocycles. The summed E-state index contributed by atoms with van der Waals surface area (Å²) >= 11 is 0. The van der Waals surface area contributed by atoms with Crippen molar-refractivity contribution in [2.75, 3.05) is 12.5 Å². The number of hydrazine groups is 1. The Morgan fingerprint density at radius 2 is 2.20 bits per heavy atom. The van der Waals surface area contributed by atoms with Crippen molar-refractivity contribution in [1.29, 1.82) is 0 Å². The maximum absolute atomic E-state index is 5.45. The standard InChI is InChI=1S/C10H16N4O/c1-6(15-2)9-12-8-5-3-4-7(8)10(13-9)14-11/h6H,3-5,11H2,1-2H3,(H,12,13,14). The largest absolute Gasteiger partial charge is 0.374 e. The van der Waals surface area contributed by atoms with Crippen LogP contribution in [-0.2, 0) is 17.6 Å². The molecule has 0 aliphatic heterocycles. The normalized spacial score (nSPS) is 16.2. The number of hydrogen-bond acceptors (Lipinski definition) is 5. The van der Waals surface area contributed by atoms with Crippen molar-refractivity contribution in [3.63, 3.8) is 0 Å². The van der Waals surface area contributed by atoms with Crippen LogP contribution in [0.5, 0.6) is 0 Å². The van der Waals surface area contributed by atoms with Gasteiger partial charge in [-0.3, -0.25) is 0 Å². The van der Waals surface area contributed by atoms with Gasteiger partial charge in [-0.15, -0.1) is 0 Å². The number of nitrogens with two attached hydrogens (primary N) is 1. The lowest BCUT2D eigenvalue weighted by molar-refractivity contribution is 0.112. The van der Waals surface area contributed by atoms with Gasteiger partial charge in [0, 0.05) is 18.4 Å². The minimum absolute atomic E-state index is 0.0944. The van der Waals surface area contributed by atoms with E-state index in [-0.39, 0.29) is 6.10 Å². The highest BCUT2D eigenvalue weighted by Gasteiger charge is 2.20. The van der Waals surface area contributed by atoms with Gasteiger partial charge in [0.2, 0.25) is 0 Å². The number of nitrogens with one attached hydrogen (secondary N) is 1. The number of nitrogen functional groups attached to an aromatic ring is 1. The van der Waals surface area contributed by atoms with E-state index in [2.05, 4.69) is 15.4 Å². The van der Waals surface area contributed by atoms with Crippen LogP contribution in [0.1, 0.15) is 36.5 Å². The first-order valence-corrected chi connectivity index (χ1v) is 5.15. The van der Waals surface area contributed by atoms with Crippen LogP contribution in [0.15, 0.2) is 0 Å². The lowest BCUT2D eigenvalue weighted by Gasteiger charge is -2.12. The van der Waals surface area contributed by atoms with Gasteiger partial charge in [-0.2, -0.15) is 0 Å². The Bertz CT molecular complexity index is 367. The number of aromatic nitrogens is 2. The smallest absolute Gasteiger partial charge is 0.159 e. The van der Waals surface area contributed by atoms with Crippen LogP contribution in [0.3, 0.4) is 0 Å². The molecule has 0 spiro atoms. The fourth-order valence-corrected chi connectivity index (χ4v) is 1.86. The third-order valence-electron chi connectivity index (χ3n) is 2.80. The van der Waals surface area contributed by atoms with E-state index in [0.29, 0.717) is 5.82 Å². The van der Waals surface area contributed by atoms with Crippen molar-refractivity contribution in [3.8, 4) is 0 Å². The zero-order chi connectivity index (χ0) is 10.8. The van der Waals surface area contributed by atoms with Gasteiger partial charge < -0.3 is 10.2 Å². The summed E-state index contributed by atoms with van der Waals surface area (Å²) in [5.41, 5.74) is 4.91. The van der Waals surface area contributed by atoms with E-state index >= 15 is 0 Å². The first kappa shape index (κ1) is 10.3. The van der Waals surface area contributed by atoms with Crippen LogP contribution in [0.25, 0.3) is 0 Å². The Morgan fingerprint density at radius 1 is 1.40 bits per heavy atom. The molecule has 5 nitrogen and oxygen atoms in total. The van der Waals surface area contributed by atoms with Crippen molar-refractivity contribution in [3.05, 3.63) is 17.1 Å². The molecule has 0 saturated carbocycles. The van der Waals surface area contributed by atoms with Crippen LogP contribution < -0.4 is 11.3 Å². The average molecular weight is 208 g/mol. The van der Waals surface area contributed by atoms with Gasteiger partial charge in [0.05, 0.1) is 0 Å². The van der Waals surface area contributed by atoms with Gasteiger partial charge in [0.15, 0.2) is 5.82 Å². The lowest BCUT2D eigenvalue weighted by atomic mass is 10.2. The Balaban J connectivity index is 2.43. The first-order chi connectivity index (χ1) is 7.26. The summed E-state index contributed by atoms with van der Waals surface area (Å²) < 4.78 is 5.20. The van der Waals surface area contributed by atoms with E-state index in [9.17, 15) is 0 Å². The molecule has 1 aromatic rings. The van der Waals surface area contributed by atoms with Crippen molar-refractivity contribution in [1.82, 2.24) is 9.97 Å². The molecule has 0 fully saturated rings. The van der Waals surface area contributed by atoms with E-state index in [1.54, 1.807) is 7.11 Å². The SMILES string of the molecule is COC(C)c1nc2c(c(NN)n1)CCC2. The van der Waals surface area contributed by atoms with Crippen molar-refractivity contribution in [2.45, 2.75) is 32.3 Å². The molecule has 15 heavy (non-hydrogen) atoms. The molecule has 1 aromatic heterocycles. The minimum atomic E-state index is -0.0944. The van der Waals surface area contributed by atoms with Gasteiger partial charge in [0.1, 0.15) is 11.9 Å². The quantitative estimate of drug-likeness (QED) is 0.571. The fraction of sp³-hybridized carbons (Fsp3) is 0.600. The Kier molecular flexibility index (Phi) is 2.83. The molecule has 0 amide bonds. The molecule has 1 heterocycles. The number of hydrogen-bond donors (Lipinski definition) is 2. The van der Waals surface area contributed by atoms with E-state index in [4.69, 9.17) is 10.6 Å². The van der Waals surface area contributed by atoms with Gasteiger partial charge in [-0.05, 0) is 26.2 Å². The summed E-state index contributed by atoms with van der Waals surface area (Å²) in [6.45, 7) is 1.93. The molecule has 82 valence electrons. The summed E-state index contributed by atoms with van der Waals surface area (Å²) in [5, 5.41) is 0. The zero-order valence-electron chi connectivity index (χ0n) is 9.08. The van der Waals surface area contributed by atoms with Crippen molar-refractivity contribution >= 4 is 5.82 Å². The molecule has 3 N–H and O–H groups in total. The average Bonchev–Trinajstić information content (AvgIpc) is 2.74. The maximum atomic E-state index is 5.45. The minimum Gasteiger partial charge on any atom is -0.374 e. The van der Waals surface area contributed by atoms with Crippen molar-refractivity contribution in [2.24, 2.45) is 5.84 Å².